The molecule has 174 valence electrons. The number of nitrogens with one attached hydrogen (secondary N) is 1. The number of ether oxygens (including phenoxy) is 1. The van der Waals surface area contributed by atoms with Crippen LogP contribution in [0.5, 0.6) is 0 Å². The van der Waals surface area contributed by atoms with E-state index in [1.54, 1.807) is 29.2 Å². The molecule has 7 heteroatoms. The van der Waals surface area contributed by atoms with Gasteiger partial charge in [0, 0.05) is 23.7 Å². The van der Waals surface area contributed by atoms with E-state index in [0.717, 1.165) is 31.5 Å². The largest absolute Gasteiger partial charge is 0.441 e. The van der Waals surface area contributed by atoms with Gasteiger partial charge in [0.15, 0.2) is 5.78 Å². The zero-order valence-corrected chi connectivity index (χ0v) is 19.3. The van der Waals surface area contributed by atoms with Crippen molar-refractivity contribution >= 4 is 23.5 Å². The molecule has 2 aliphatic rings. The van der Waals surface area contributed by atoms with Crippen LogP contribution in [0.1, 0.15) is 42.6 Å². The average molecular weight is 450 g/mol. The Labute approximate surface area is 194 Å². The van der Waals surface area contributed by atoms with E-state index >= 15 is 0 Å². The molecule has 0 radical (unpaired) electrons. The maximum Gasteiger partial charge on any atom is 0.410 e. The second-order valence-corrected chi connectivity index (χ2v) is 9.25. The molecule has 4 rings (SSSR count). The van der Waals surface area contributed by atoms with Crippen LogP contribution in [-0.4, -0.2) is 59.4 Å². The average Bonchev–Trinajstić information content (AvgIpc) is 3.09. The van der Waals surface area contributed by atoms with Crippen molar-refractivity contribution in [3.05, 3.63) is 65.7 Å². The minimum absolute atomic E-state index is 0.000530. The summed E-state index contributed by atoms with van der Waals surface area (Å²) in [6.07, 6.45) is 1.51. The third kappa shape index (κ3) is 5.60. The minimum Gasteiger partial charge on any atom is -0.441 e. The summed E-state index contributed by atoms with van der Waals surface area (Å²) in [6, 6.07) is 16.9. The van der Waals surface area contributed by atoms with E-state index in [9.17, 15) is 14.4 Å². The van der Waals surface area contributed by atoms with Crippen LogP contribution in [0.4, 0.5) is 10.5 Å². The van der Waals surface area contributed by atoms with Crippen molar-refractivity contribution in [1.82, 2.24) is 9.80 Å². The standard InChI is InChI=1S/C26H31N3O4/c1-19(30)21-8-10-23(11-9-21)27-24(31)17-28-14-12-22(13-15-28)26(2)18-29(25(32)33-26)16-20-6-4-3-5-7-20/h3-11,22H,12-18H2,1-2H3,(H,27,31). The van der Waals surface area contributed by atoms with Crippen molar-refractivity contribution in [3.63, 3.8) is 0 Å². The number of cyclic esters (lactones) is 1. The molecule has 2 amide bonds. The predicted molar refractivity (Wildman–Crippen MR) is 126 cm³/mol. The fraction of sp³-hybridized carbons (Fsp3) is 0.423. The zero-order valence-electron chi connectivity index (χ0n) is 19.3. The van der Waals surface area contributed by atoms with E-state index in [1.165, 1.54) is 6.92 Å². The van der Waals surface area contributed by atoms with E-state index in [-0.39, 0.29) is 23.7 Å². The van der Waals surface area contributed by atoms with Gasteiger partial charge in [0.25, 0.3) is 0 Å². The maximum atomic E-state index is 12.5. The van der Waals surface area contributed by atoms with Gasteiger partial charge < -0.3 is 10.1 Å². The second-order valence-electron chi connectivity index (χ2n) is 9.25. The molecule has 0 aromatic heterocycles. The van der Waals surface area contributed by atoms with Crippen molar-refractivity contribution in [2.24, 2.45) is 5.92 Å². The third-order valence-electron chi connectivity index (χ3n) is 6.69. The summed E-state index contributed by atoms with van der Waals surface area (Å²) in [7, 11) is 0. The van der Waals surface area contributed by atoms with Crippen LogP contribution in [0.15, 0.2) is 54.6 Å². The first-order chi connectivity index (χ1) is 15.8. The highest BCUT2D eigenvalue weighted by Crippen LogP contribution is 2.36. The molecule has 33 heavy (non-hydrogen) atoms. The Balaban J connectivity index is 1.25. The number of carbonyl (C=O) groups excluding carboxylic acids is 3. The second kappa shape index (κ2) is 9.75. The normalized spacial score (nSPS) is 21.6. The molecule has 0 saturated carbocycles. The molecular weight excluding hydrogens is 418 g/mol. The molecule has 2 fully saturated rings. The lowest BCUT2D eigenvalue weighted by Gasteiger charge is -2.38. The Morgan fingerprint density at radius 3 is 2.36 bits per heavy atom. The van der Waals surface area contributed by atoms with Crippen LogP contribution < -0.4 is 5.32 Å². The molecule has 7 nitrogen and oxygen atoms in total. The number of rotatable bonds is 7. The topological polar surface area (TPSA) is 79.0 Å². The molecular formula is C26H31N3O4. The van der Waals surface area contributed by atoms with Crippen molar-refractivity contribution in [1.29, 1.82) is 0 Å². The van der Waals surface area contributed by atoms with Gasteiger partial charge in [-0.15, -0.1) is 0 Å². The van der Waals surface area contributed by atoms with Gasteiger partial charge in [-0.05, 0) is 69.6 Å². The molecule has 0 bridgehead atoms. The highest BCUT2D eigenvalue weighted by atomic mass is 16.6. The van der Waals surface area contributed by atoms with E-state index in [0.29, 0.717) is 30.9 Å². The van der Waals surface area contributed by atoms with Crippen LogP contribution in [-0.2, 0) is 16.1 Å². The number of amides is 2. The van der Waals surface area contributed by atoms with Crippen LogP contribution >= 0.6 is 0 Å². The molecule has 2 saturated heterocycles. The van der Waals surface area contributed by atoms with E-state index in [4.69, 9.17) is 4.74 Å². The molecule has 1 atom stereocenters. The Morgan fingerprint density at radius 1 is 1.06 bits per heavy atom. The number of likely N-dealkylation sites (tertiary alicyclic amines) is 1. The number of anilines is 1. The molecule has 1 N–H and O–H groups in total. The minimum atomic E-state index is -0.501. The highest BCUT2D eigenvalue weighted by Gasteiger charge is 2.47. The number of benzene rings is 2. The van der Waals surface area contributed by atoms with Gasteiger partial charge >= 0.3 is 6.09 Å². The van der Waals surface area contributed by atoms with Gasteiger partial charge in [-0.25, -0.2) is 4.79 Å². The number of Topliss-reactive ketones (excluding diaryl/α,β-unsaturated/α-hetero) is 1. The summed E-state index contributed by atoms with van der Waals surface area (Å²) in [5.41, 5.74) is 1.90. The molecule has 2 aliphatic heterocycles. The Kier molecular flexibility index (Phi) is 6.79. The Morgan fingerprint density at radius 2 is 1.73 bits per heavy atom. The van der Waals surface area contributed by atoms with Crippen molar-refractivity contribution in [2.75, 3.05) is 31.5 Å². The fourth-order valence-corrected chi connectivity index (χ4v) is 4.77. The number of ketones is 1. The molecule has 2 heterocycles. The summed E-state index contributed by atoms with van der Waals surface area (Å²) in [4.78, 5) is 40.3. The zero-order chi connectivity index (χ0) is 23.4. The van der Waals surface area contributed by atoms with E-state index in [1.807, 2.05) is 37.3 Å². The summed E-state index contributed by atoms with van der Waals surface area (Å²) in [5, 5.41) is 2.90. The number of carbonyl (C=O) groups is 3. The summed E-state index contributed by atoms with van der Waals surface area (Å²) in [6.45, 7) is 6.58. The smallest absolute Gasteiger partial charge is 0.410 e. The first-order valence-corrected chi connectivity index (χ1v) is 11.5. The van der Waals surface area contributed by atoms with E-state index in [2.05, 4.69) is 10.2 Å². The number of piperidine rings is 1. The molecule has 0 aliphatic carbocycles. The van der Waals surface area contributed by atoms with E-state index < -0.39 is 5.60 Å². The molecule has 2 aromatic carbocycles. The monoisotopic (exact) mass is 449 g/mol. The fourth-order valence-electron chi connectivity index (χ4n) is 4.77. The van der Waals surface area contributed by atoms with Crippen molar-refractivity contribution < 1.29 is 19.1 Å². The van der Waals surface area contributed by atoms with Crippen LogP contribution in [0, 0.1) is 5.92 Å². The van der Waals surface area contributed by atoms with Gasteiger partial charge in [-0.3, -0.25) is 19.4 Å². The summed E-state index contributed by atoms with van der Waals surface area (Å²) < 4.78 is 5.86. The molecule has 2 aromatic rings. The first kappa shape index (κ1) is 23.0. The lowest BCUT2D eigenvalue weighted by Crippen LogP contribution is -2.47. The third-order valence-corrected chi connectivity index (χ3v) is 6.69. The SMILES string of the molecule is CC(=O)c1ccc(NC(=O)CN2CCC(C3(C)CN(Cc4ccccc4)C(=O)O3)CC2)cc1. The van der Waals surface area contributed by atoms with Crippen molar-refractivity contribution in [3.8, 4) is 0 Å². The predicted octanol–water partition coefficient (Wildman–Crippen LogP) is 3.95. The quantitative estimate of drug-likeness (QED) is 0.648. The maximum absolute atomic E-state index is 12.5. The summed E-state index contributed by atoms with van der Waals surface area (Å²) in [5.74, 6) is 0.192. The summed E-state index contributed by atoms with van der Waals surface area (Å²) >= 11 is 0. The van der Waals surface area contributed by atoms with Gasteiger partial charge in [0.2, 0.25) is 5.91 Å². The van der Waals surface area contributed by atoms with Crippen LogP contribution in [0.25, 0.3) is 0 Å². The Hall–Kier alpha value is -3.19. The van der Waals surface area contributed by atoms with Crippen LogP contribution in [0.2, 0.25) is 0 Å². The van der Waals surface area contributed by atoms with Gasteiger partial charge in [-0.1, -0.05) is 30.3 Å². The van der Waals surface area contributed by atoms with Gasteiger partial charge in [-0.2, -0.15) is 0 Å². The number of nitrogens with zero attached hydrogens (tertiary/aromatic N) is 2. The number of hydrogen-bond acceptors (Lipinski definition) is 5. The van der Waals surface area contributed by atoms with Gasteiger partial charge in [0.1, 0.15) is 5.60 Å². The van der Waals surface area contributed by atoms with Crippen molar-refractivity contribution in [2.45, 2.75) is 38.8 Å². The lowest BCUT2D eigenvalue weighted by molar-refractivity contribution is -0.117. The first-order valence-electron chi connectivity index (χ1n) is 11.5. The number of hydrogen-bond donors (Lipinski definition) is 1. The van der Waals surface area contributed by atoms with Crippen LogP contribution in [0.3, 0.4) is 0 Å². The lowest BCUT2D eigenvalue weighted by atomic mass is 9.81. The molecule has 1 unspecified atom stereocenters. The molecule has 0 spiro atoms. The van der Waals surface area contributed by atoms with Gasteiger partial charge in [0.05, 0.1) is 13.1 Å². The highest BCUT2D eigenvalue weighted by molar-refractivity contribution is 5.96. The Bertz CT molecular complexity index is 1000.